The first kappa shape index (κ1) is 18.1. The van der Waals surface area contributed by atoms with Gasteiger partial charge in [-0.25, -0.2) is 4.98 Å². The van der Waals surface area contributed by atoms with Gasteiger partial charge in [-0.1, -0.05) is 36.4 Å². The number of oxazole rings is 1. The highest BCUT2D eigenvalue weighted by Gasteiger charge is 2.31. The number of rotatable bonds is 4. The molecule has 2 N–H and O–H groups in total. The third-order valence-electron chi connectivity index (χ3n) is 4.67. The first-order valence-corrected chi connectivity index (χ1v) is 9.12. The second-order valence-corrected chi connectivity index (χ2v) is 7.32. The number of likely N-dealkylation sites (tertiary alicyclic amines) is 1. The molecule has 4 rings (SSSR count). The van der Waals surface area contributed by atoms with E-state index < -0.39 is 0 Å². The Hall–Kier alpha value is -1.66. The van der Waals surface area contributed by atoms with Crippen molar-refractivity contribution in [2.24, 2.45) is 5.73 Å². The van der Waals surface area contributed by atoms with Crippen molar-refractivity contribution in [1.82, 2.24) is 9.88 Å². The van der Waals surface area contributed by atoms with E-state index in [2.05, 4.69) is 29.2 Å². The summed E-state index contributed by atoms with van der Waals surface area (Å²) in [6, 6.07) is 14.8. The third kappa shape index (κ3) is 3.80. The average molecular weight is 376 g/mol. The molecule has 0 aliphatic carbocycles. The molecule has 1 saturated heterocycles. The summed E-state index contributed by atoms with van der Waals surface area (Å²) in [5, 5.41) is 2.04. The molecule has 2 aromatic heterocycles. The molecular weight excluding hydrogens is 354 g/mol. The van der Waals surface area contributed by atoms with Crippen LogP contribution >= 0.6 is 23.7 Å². The second-order valence-electron chi connectivity index (χ2n) is 6.37. The van der Waals surface area contributed by atoms with E-state index in [-0.39, 0.29) is 18.4 Å². The SMILES string of the molecule is Cc1oc(-c2cccs2)nc1CN1C[C@@H](N)[C@H](c2ccccc2)C1.Cl. The van der Waals surface area contributed by atoms with Gasteiger partial charge in [0.2, 0.25) is 5.89 Å². The Morgan fingerprint density at radius 3 is 2.72 bits per heavy atom. The summed E-state index contributed by atoms with van der Waals surface area (Å²) >= 11 is 1.65. The molecule has 0 bridgehead atoms. The number of nitrogens with zero attached hydrogens (tertiary/aromatic N) is 2. The van der Waals surface area contributed by atoms with Crippen molar-refractivity contribution in [1.29, 1.82) is 0 Å². The van der Waals surface area contributed by atoms with Gasteiger partial charge in [0, 0.05) is 31.6 Å². The van der Waals surface area contributed by atoms with Crippen molar-refractivity contribution in [3.05, 3.63) is 64.9 Å². The zero-order valence-electron chi connectivity index (χ0n) is 14.1. The van der Waals surface area contributed by atoms with E-state index in [1.54, 1.807) is 11.3 Å². The summed E-state index contributed by atoms with van der Waals surface area (Å²) in [6.45, 7) is 4.63. The van der Waals surface area contributed by atoms with Gasteiger partial charge in [-0.15, -0.1) is 23.7 Å². The molecule has 132 valence electrons. The van der Waals surface area contributed by atoms with E-state index >= 15 is 0 Å². The van der Waals surface area contributed by atoms with Crippen molar-refractivity contribution < 1.29 is 4.42 Å². The van der Waals surface area contributed by atoms with Gasteiger partial charge in [-0.3, -0.25) is 4.90 Å². The summed E-state index contributed by atoms with van der Waals surface area (Å²) in [5.41, 5.74) is 8.73. The maximum atomic E-state index is 6.39. The van der Waals surface area contributed by atoms with E-state index in [1.807, 2.05) is 30.5 Å². The van der Waals surface area contributed by atoms with Gasteiger partial charge in [0.05, 0.1) is 10.6 Å². The third-order valence-corrected chi connectivity index (χ3v) is 5.52. The summed E-state index contributed by atoms with van der Waals surface area (Å²) in [7, 11) is 0. The zero-order chi connectivity index (χ0) is 16.5. The lowest BCUT2D eigenvalue weighted by Gasteiger charge is -2.15. The fraction of sp³-hybridized carbons (Fsp3) is 0.316. The van der Waals surface area contributed by atoms with Crippen LogP contribution in [0.3, 0.4) is 0 Å². The molecule has 1 aromatic carbocycles. The lowest BCUT2D eigenvalue weighted by Crippen LogP contribution is -2.28. The first-order valence-electron chi connectivity index (χ1n) is 8.24. The van der Waals surface area contributed by atoms with Crippen molar-refractivity contribution in [3.63, 3.8) is 0 Å². The highest BCUT2D eigenvalue weighted by molar-refractivity contribution is 7.13. The number of thiophene rings is 1. The lowest BCUT2D eigenvalue weighted by atomic mass is 9.95. The number of hydrogen-bond acceptors (Lipinski definition) is 5. The molecule has 0 unspecified atom stereocenters. The zero-order valence-corrected chi connectivity index (χ0v) is 15.7. The van der Waals surface area contributed by atoms with Gasteiger partial charge in [0.1, 0.15) is 5.76 Å². The number of halogens is 1. The maximum Gasteiger partial charge on any atom is 0.236 e. The van der Waals surface area contributed by atoms with Crippen molar-refractivity contribution in [2.75, 3.05) is 13.1 Å². The number of benzene rings is 1. The minimum absolute atomic E-state index is 0. The molecule has 2 atom stereocenters. The first-order chi connectivity index (χ1) is 11.7. The number of hydrogen-bond donors (Lipinski definition) is 1. The molecular formula is C19H22ClN3OS. The fourth-order valence-electron chi connectivity index (χ4n) is 3.39. The van der Waals surface area contributed by atoms with Gasteiger partial charge < -0.3 is 10.2 Å². The Bertz CT molecular complexity index is 803. The van der Waals surface area contributed by atoms with E-state index in [1.165, 1.54) is 5.56 Å². The van der Waals surface area contributed by atoms with Crippen molar-refractivity contribution >= 4 is 23.7 Å². The molecule has 0 saturated carbocycles. The molecule has 0 amide bonds. The van der Waals surface area contributed by atoms with Crippen LogP contribution in [-0.2, 0) is 6.54 Å². The molecule has 6 heteroatoms. The average Bonchev–Trinajstić information content (AvgIpc) is 3.30. The Kier molecular flexibility index (Phi) is 5.59. The topological polar surface area (TPSA) is 55.3 Å². The Balaban J connectivity index is 0.00000182. The van der Waals surface area contributed by atoms with Crippen LogP contribution in [0.5, 0.6) is 0 Å². The van der Waals surface area contributed by atoms with Gasteiger partial charge in [0.15, 0.2) is 0 Å². The molecule has 1 fully saturated rings. The summed E-state index contributed by atoms with van der Waals surface area (Å²) in [4.78, 5) is 8.15. The Morgan fingerprint density at radius 1 is 1.20 bits per heavy atom. The van der Waals surface area contributed by atoms with Crippen molar-refractivity contribution in [3.8, 4) is 10.8 Å². The standard InChI is InChI=1S/C19H21N3OS.ClH/c1-13-17(21-19(23-13)18-8-5-9-24-18)12-22-10-15(16(20)11-22)14-6-3-2-4-7-14;/h2-9,15-16H,10-12,20H2,1H3;1H/t15-,16+;/m0./s1. The molecule has 3 aromatic rings. The van der Waals surface area contributed by atoms with Crippen LogP contribution in [0.4, 0.5) is 0 Å². The minimum Gasteiger partial charge on any atom is -0.440 e. The van der Waals surface area contributed by atoms with Crippen LogP contribution in [0.25, 0.3) is 10.8 Å². The fourth-order valence-corrected chi connectivity index (χ4v) is 4.04. The largest absolute Gasteiger partial charge is 0.440 e. The van der Waals surface area contributed by atoms with Crippen LogP contribution in [-0.4, -0.2) is 29.0 Å². The Labute approximate surface area is 158 Å². The molecule has 3 heterocycles. The van der Waals surface area contributed by atoms with Crippen LogP contribution in [0, 0.1) is 6.92 Å². The quantitative estimate of drug-likeness (QED) is 0.747. The molecule has 25 heavy (non-hydrogen) atoms. The summed E-state index contributed by atoms with van der Waals surface area (Å²) < 4.78 is 5.85. The van der Waals surface area contributed by atoms with E-state index in [4.69, 9.17) is 15.1 Å². The van der Waals surface area contributed by atoms with Gasteiger partial charge in [0.25, 0.3) is 0 Å². The molecule has 1 aliphatic heterocycles. The monoisotopic (exact) mass is 375 g/mol. The second kappa shape index (κ2) is 7.70. The highest BCUT2D eigenvalue weighted by Crippen LogP contribution is 2.30. The summed E-state index contributed by atoms with van der Waals surface area (Å²) in [5.74, 6) is 2.01. The van der Waals surface area contributed by atoms with Crippen molar-refractivity contribution in [2.45, 2.75) is 25.4 Å². The molecule has 0 spiro atoms. The molecule has 4 nitrogen and oxygen atoms in total. The normalized spacial score (nSPS) is 20.6. The predicted molar refractivity (Wildman–Crippen MR) is 104 cm³/mol. The van der Waals surface area contributed by atoms with Gasteiger partial charge >= 0.3 is 0 Å². The van der Waals surface area contributed by atoms with Crippen LogP contribution in [0.15, 0.2) is 52.3 Å². The van der Waals surface area contributed by atoms with E-state index in [0.29, 0.717) is 5.92 Å². The number of nitrogens with two attached hydrogens (primary N) is 1. The predicted octanol–water partition coefficient (Wildman–Crippen LogP) is 4.06. The molecule has 0 radical (unpaired) electrons. The Morgan fingerprint density at radius 2 is 2.00 bits per heavy atom. The number of aryl methyl sites for hydroxylation is 1. The van der Waals surface area contributed by atoms with E-state index in [0.717, 1.165) is 41.9 Å². The number of aromatic nitrogens is 1. The van der Waals surface area contributed by atoms with Gasteiger partial charge in [-0.2, -0.15) is 0 Å². The van der Waals surface area contributed by atoms with Crippen LogP contribution in [0.2, 0.25) is 0 Å². The molecule has 1 aliphatic rings. The minimum atomic E-state index is 0. The smallest absolute Gasteiger partial charge is 0.236 e. The van der Waals surface area contributed by atoms with E-state index in [9.17, 15) is 0 Å². The maximum absolute atomic E-state index is 6.39. The highest BCUT2D eigenvalue weighted by atomic mass is 35.5. The lowest BCUT2D eigenvalue weighted by molar-refractivity contribution is 0.318. The van der Waals surface area contributed by atoms with Crippen LogP contribution in [0.1, 0.15) is 22.9 Å². The summed E-state index contributed by atoms with van der Waals surface area (Å²) in [6.07, 6.45) is 0. The van der Waals surface area contributed by atoms with Gasteiger partial charge in [-0.05, 0) is 23.9 Å². The van der Waals surface area contributed by atoms with Crippen LogP contribution < -0.4 is 5.73 Å².